The molecule has 0 spiro atoms. The van der Waals surface area contributed by atoms with Gasteiger partial charge in [0.25, 0.3) is 0 Å². The number of ether oxygens (including phenoxy) is 5. The Kier molecular flexibility index (Phi) is 11.5. The third kappa shape index (κ3) is 7.05. The van der Waals surface area contributed by atoms with Crippen molar-refractivity contribution in [1.82, 2.24) is 10.6 Å². The van der Waals surface area contributed by atoms with E-state index in [-0.39, 0.29) is 0 Å². The molecule has 0 bridgehead atoms. The van der Waals surface area contributed by atoms with Gasteiger partial charge in [-0.2, -0.15) is 0 Å². The third-order valence-corrected chi connectivity index (χ3v) is 6.90. The Balaban J connectivity index is 1.78. The summed E-state index contributed by atoms with van der Waals surface area (Å²) < 4.78 is 27.5. The fraction of sp³-hybridized carbons (Fsp3) is 0.909. The molecule has 0 radical (unpaired) electrons. The average Bonchev–Trinajstić information content (AvgIpc) is 2.90. The van der Waals surface area contributed by atoms with E-state index in [9.17, 15) is 55.5 Å². The summed E-state index contributed by atoms with van der Waals surface area (Å²) in [5.74, 6) is -1.26. The summed E-state index contributed by atoms with van der Waals surface area (Å²) in [6, 6.07) is -2.79. The molecule has 3 heterocycles. The van der Waals surface area contributed by atoms with Gasteiger partial charge in [-0.3, -0.25) is 9.59 Å². The summed E-state index contributed by atoms with van der Waals surface area (Å²) in [5.41, 5.74) is 0. The molecule has 0 aromatic heterocycles. The molecule has 11 N–H and O–H groups in total. The first kappa shape index (κ1) is 32.9. The number of nitrogens with one attached hydrogen (secondary N) is 2. The number of aliphatic hydroxyl groups is 9. The van der Waals surface area contributed by atoms with Crippen LogP contribution in [0.1, 0.15) is 13.8 Å². The Hall–Kier alpha value is -1.62. The van der Waals surface area contributed by atoms with Crippen LogP contribution in [-0.2, 0) is 33.3 Å². The van der Waals surface area contributed by atoms with Crippen LogP contribution in [0.4, 0.5) is 0 Å². The van der Waals surface area contributed by atoms with Crippen LogP contribution in [0.15, 0.2) is 0 Å². The Bertz CT molecular complexity index is 852. The van der Waals surface area contributed by atoms with Gasteiger partial charge < -0.3 is 80.3 Å². The number of carbonyl (C=O) groups is 2. The van der Waals surface area contributed by atoms with Crippen LogP contribution in [0.2, 0.25) is 0 Å². The molecule has 2 amide bonds. The molecule has 15 atom stereocenters. The van der Waals surface area contributed by atoms with E-state index in [1.165, 1.54) is 0 Å². The number of carbonyl (C=O) groups excluding carboxylic acids is 2. The zero-order valence-electron chi connectivity index (χ0n) is 21.7. The first-order chi connectivity index (χ1) is 18.8. The molecular formula is C22H38N2O16. The second kappa shape index (κ2) is 14.0. The fourth-order valence-electron chi connectivity index (χ4n) is 4.87. The maximum atomic E-state index is 11.7. The van der Waals surface area contributed by atoms with Crippen molar-refractivity contribution in [2.75, 3.05) is 19.8 Å². The number of aliphatic hydroxyl groups excluding tert-OH is 9. The maximum absolute atomic E-state index is 11.7. The summed E-state index contributed by atoms with van der Waals surface area (Å²) in [4.78, 5) is 23.2. The molecular weight excluding hydrogens is 548 g/mol. The molecule has 0 aromatic rings. The molecule has 0 unspecified atom stereocenters. The second-order valence-electron chi connectivity index (χ2n) is 9.81. The topological polar surface area (TPSA) is 286 Å². The van der Waals surface area contributed by atoms with E-state index in [0.29, 0.717) is 0 Å². The predicted molar refractivity (Wildman–Crippen MR) is 124 cm³/mol. The van der Waals surface area contributed by atoms with Gasteiger partial charge in [-0.15, -0.1) is 0 Å². The second-order valence-corrected chi connectivity index (χ2v) is 9.81. The molecule has 3 fully saturated rings. The van der Waals surface area contributed by atoms with Crippen LogP contribution < -0.4 is 10.6 Å². The maximum Gasteiger partial charge on any atom is 0.217 e. The Labute approximate surface area is 228 Å². The molecule has 18 nitrogen and oxygen atoms in total. The molecule has 40 heavy (non-hydrogen) atoms. The lowest BCUT2D eigenvalue weighted by molar-refractivity contribution is -0.366. The monoisotopic (exact) mass is 586 g/mol. The van der Waals surface area contributed by atoms with Crippen LogP contribution in [0.5, 0.6) is 0 Å². The highest BCUT2D eigenvalue weighted by molar-refractivity contribution is 5.73. The Morgan fingerprint density at radius 2 is 1.07 bits per heavy atom. The van der Waals surface area contributed by atoms with Crippen molar-refractivity contribution < 1.29 is 79.2 Å². The van der Waals surface area contributed by atoms with Crippen molar-refractivity contribution in [3.63, 3.8) is 0 Å². The summed E-state index contributed by atoms with van der Waals surface area (Å²) in [6.07, 6.45) is -21.1. The molecule has 232 valence electrons. The third-order valence-electron chi connectivity index (χ3n) is 6.90. The lowest BCUT2D eigenvalue weighted by Gasteiger charge is -2.48. The van der Waals surface area contributed by atoms with Crippen molar-refractivity contribution in [3.8, 4) is 0 Å². The number of hydrogen-bond donors (Lipinski definition) is 11. The zero-order chi connectivity index (χ0) is 29.9. The highest BCUT2D eigenvalue weighted by Gasteiger charge is 2.53. The molecule has 3 aliphatic heterocycles. The minimum atomic E-state index is -1.93. The van der Waals surface area contributed by atoms with Crippen molar-refractivity contribution >= 4 is 11.8 Å². The van der Waals surface area contributed by atoms with Gasteiger partial charge in [-0.25, -0.2) is 0 Å². The molecule has 3 saturated heterocycles. The highest BCUT2D eigenvalue weighted by atomic mass is 16.7. The number of hydrogen-bond acceptors (Lipinski definition) is 16. The lowest BCUT2D eigenvalue weighted by Crippen LogP contribution is -2.69. The van der Waals surface area contributed by atoms with Crippen molar-refractivity contribution in [2.24, 2.45) is 0 Å². The summed E-state index contributed by atoms with van der Waals surface area (Å²) >= 11 is 0. The van der Waals surface area contributed by atoms with Gasteiger partial charge in [0.15, 0.2) is 18.9 Å². The summed E-state index contributed by atoms with van der Waals surface area (Å²) in [5, 5.41) is 96.9. The van der Waals surface area contributed by atoms with Crippen molar-refractivity contribution in [1.29, 1.82) is 0 Å². The van der Waals surface area contributed by atoms with Crippen LogP contribution >= 0.6 is 0 Å². The first-order valence-corrected chi connectivity index (χ1v) is 12.6. The van der Waals surface area contributed by atoms with E-state index in [2.05, 4.69) is 10.6 Å². The lowest BCUT2D eigenvalue weighted by atomic mass is 9.94. The largest absolute Gasteiger partial charge is 0.394 e. The fourth-order valence-corrected chi connectivity index (χ4v) is 4.87. The minimum Gasteiger partial charge on any atom is -0.394 e. The number of rotatable bonds is 9. The molecule has 3 aliphatic rings. The van der Waals surface area contributed by atoms with E-state index < -0.39 is 124 Å². The van der Waals surface area contributed by atoms with E-state index >= 15 is 0 Å². The van der Waals surface area contributed by atoms with Crippen molar-refractivity contribution in [2.45, 2.75) is 106 Å². The van der Waals surface area contributed by atoms with Gasteiger partial charge in [0, 0.05) is 13.8 Å². The molecule has 0 aromatic carbocycles. The van der Waals surface area contributed by atoms with Gasteiger partial charge in [-0.1, -0.05) is 0 Å². The summed E-state index contributed by atoms with van der Waals surface area (Å²) in [7, 11) is 0. The van der Waals surface area contributed by atoms with Crippen molar-refractivity contribution in [3.05, 3.63) is 0 Å². The first-order valence-electron chi connectivity index (χ1n) is 12.6. The van der Waals surface area contributed by atoms with Gasteiger partial charge in [0.05, 0.1) is 19.8 Å². The average molecular weight is 587 g/mol. The molecule has 3 rings (SSSR count). The quantitative estimate of drug-likeness (QED) is 0.120. The molecule has 18 heteroatoms. The SMILES string of the molecule is CC(=O)N[C@@H]1[C@@H](O)[C@H](O[C@@H]2O[C@@H](CO)[C@@H](O[C@H]3O[C@H](CO)[C@@H](O)[C@H](O)[C@H]3NC(C)=O)[C@H](O)[C@H]2O)[C@@H](CO)O[C@@H]1O. The van der Waals surface area contributed by atoms with E-state index in [1.54, 1.807) is 0 Å². The van der Waals surface area contributed by atoms with Crippen LogP contribution in [0, 0.1) is 0 Å². The van der Waals surface area contributed by atoms with Gasteiger partial charge in [0.2, 0.25) is 11.8 Å². The Morgan fingerprint density at radius 3 is 1.62 bits per heavy atom. The smallest absolute Gasteiger partial charge is 0.217 e. The van der Waals surface area contributed by atoms with Gasteiger partial charge in [0.1, 0.15) is 73.1 Å². The summed E-state index contributed by atoms with van der Waals surface area (Å²) in [6.45, 7) is -0.106. The van der Waals surface area contributed by atoms with E-state index in [0.717, 1.165) is 13.8 Å². The van der Waals surface area contributed by atoms with Crippen LogP contribution in [0.25, 0.3) is 0 Å². The van der Waals surface area contributed by atoms with Gasteiger partial charge >= 0.3 is 0 Å². The normalized spacial score (nSPS) is 46.0. The predicted octanol–water partition coefficient (Wildman–Crippen LogP) is -7.29. The zero-order valence-corrected chi connectivity index (χ0v) is 21.7. The standard InChI is InChI=1S/C22H38N2O16/c1-6(28)23-11-15(32)18(9(4-26)36-20(11)35)40-22-17(34)16(33)19(10(5-27)38-22)39-21-12(24-7(2)29)14(31)13(30)8(3-25)37-21/h8-22,25-27,30-35H,3-5H2,1-2H3,(H,23,28)(H,24,29)/t8-,9-,10+,11-,12-,13-,14-,15-,16-,17-,18-,19-,20+,21-,22+/m1/s1. The minimum absolute atomic E-state index is 0.624. The molecule has 0 aliphatic carbocycles. The molecule has 0 saturated carbocycles. The van der Waals surface area contributed by atoms with Crippen LogP contribution in [-0.4, -0.2) is 170 Å². The van der Waals surface area contributed by atoms with Crippen LogP contribution in [0.3, 0.4) is 0 Å². The van der Waals surface area contributed by atoms with E-state index in [1.807, 2.05) is 0 Å². The Morgan fingerprint density at radius 1 is 0.600 bits per heavy atom. The van der Waals surface area contributed by atoms with Gasteiger partial charge in [-0.05, 0) is 0 Å². The number of amides is 2. The highest BCUT2D eigenvalue weighted by Crippen LogP contribution is 2.32. The van der Waals surface area contributed by atoms with E-state index in [4.69, 9.17) is 23.7 Å².